The number of carbonyl (C=O) groups excluding carboxylic acids is 1. The molecule has 0 aromatic carbocycles. The maximum Gasteiger partial charge on any atom is 0.262 e. The molecule has 1 aromatic heterocycles. The van der Waals surface area contributed by atoms with E-state index < -0.39 is 0 Å². The molecule has 0 aliphatic carbocycles. The minimum atomic E-state index is -0.225. The Morgan fingerprint density at radius 2 is 2.54 bits per heavy atom. The first kappa shape index (κ1) is 10.2. The average Bonchev–Trinajstić information content (AvgIpc) is 2.56. The van der Waals surface area contributed by atoms with Crippen LogP contribution in [0.4, 0.5) is 0 Å². The van der Waals surface area contributed by atoms with E-state index in [1.807, 2.05) is 17.5 Å². The van der Waals surface area contributed by atoms with Crippen molar-refractivity contribution in [3.8, 4) is 0 Å². The summed E-state index contributed by atoms with van der Waals surface area (Å²) in [5, 5.41) is 2.99. The van der Waals surface area contributed by atoms with Crippen molar-refractivity contribution in [1.29, 1.82) is 0 Å². The van der Waals surface area contributed by atoms with Gasteiger partial charge in [0.15, 0.2) is 0 Å². The zero-order chi connectivity index (χ0) is 9.68. The van der Waals surface area contributed by atoms with Crippen LogP contribution in [0.5, 0.6) is 0 Å². The van der Waals surface area contributed by atoms with Gasteiger partial charge in [0.1, 0.15) is 6.61 Å². The van der Waals surface area contributed by atoms with Gasteiger partial charge in [-0.3, -0.25) is 9.80 Å². The molecular weight excluding hydrogens is 188 g/mol. The molecule has 1 aromatic rings. The van der Waals surface area contributed by atoms with Gasteiger partial charge in [-0.25, -0.2) is 5.84 Å². The molecule has 0 saturated heterocycles. The number of hydrogen-bond donors (Lipinski definition) is 1. The summed E-state index contributed by atoms with van der Waals surface area (Å²) < 4.78 is 5.14. The van der Waals surface area contributed by atoms with E-state index in [2.05, 4.69) is 0 Å². The van der Waals surface area contributed by atoms with Gasteiger partial charge in [-0.05, 0) is 11.4 Å². The molecule has 1 amide bonds. The molecule has 2 N–H and O–H groups in total. The normalized spacial score (nSPS) is 10.0. The number of ether oxygens (including phenoxy) is 1. The molecule has 0 aliphatic rings. The molecule has 0 fully saturated rings. The molecule has 0 spiro atoms. The van der Waals surface area contributed by atoms with Gasteiger partial charge in [0, 0.05) is 11.9 Å². The first-order valence-corrected chi connectivity index (χ1v) is 4.69. The Hall–Kier alpha value is -0.910. The number of nitrogens with two attached hydrogens (primary N) is 1. The molecule has 4 nitrogen and oxygen atoms in total. The van der Waals surface area contributed by atoms with Crippen molar-refractivity contribution < 1.29 is 9.53 Å². The van der Waals surface area contributed by atoms with Crippen molar-refractivity contribution in [2.24, 2.45) is 5.84 Å². The number of hydrazine groups is 1. The van der Waals surface area contributed by atoms with Crippen LogP contribution in [0.2, 0.25) is 0 Å². The smallest absolute Gasteiger partial charge is 0.262 e. The van der Waals surface area contributed by atoms with Crippen LogP contribution in [0, 0.1) is 0 Å². The van der Waals surface area contributed by atoms with Gasteiger partial charge in [0.25, 0.3) is 5.91 Å². The van der Waals surface area contributed by atoms with Crippen molar-refractivity contribution >= 4 is 17.2 Å². The Balaban J connectivity index is 2.18. The van der Waals surface area contributed by atoms with Crippen LogP contribution in [-0.2, 0) is 16.1 Å². The highest BCUT2D eigenvalue weighted by Crippen LogP contribution is 2.09. The first-order chi connectivity index (χ1) is 6.20. The predicted octanol–water partition coefficient (Wildman–Crippen LogP) is 0.597. The number of amides is 1. The van der Waals surface area contributed by atoms with E-state index in [0.29, 0.717) is 6.61 Å². The number of thiophene rings is 1. The van der Waals surface area contributed by atoms with E-state index >= 15 is 0 Å². The topological polar surface area (TPSA) is 55.6 Å². The van der Waals surface area contributed by atoms with Crippen LogP contribution in [0.25, 0.3) is 0 Å². The zero-order valence-corrected chi connectivity index (χ0v) is 8.21. The fourth-order valence-corrected chi connectivity index (χ4v) is 1.38. The van der Waals surface area contributed by atoms with Crippen molar-refractivity contribution in [1.82, 2.24) is 5.01 Å². The van der Waals surface area contributed by atoms with Crippen molar-refractivity contribution in [3.05, 3.63) is 22.4 Å². The molecule has 0 unspecified atom stereocenters. The molecule has 0 bridgehead atoms. The molecular formula is C8H12N2O2S. The highest BCUT2D eigenvalue weighted by Gasteiger charge is 2.03. The Bertz CT molecular complexity index is 259. The van der Waals surface area contributed by atoms with E-state index in [1.165, 1.54) is 7.05 Å². The predicted molar refractivity (Wildman–Crippen MR) is 50.9 cm³/mol. The van der Waals surface area contributed by atoms with Crippen LogP contribution < -0.4 is 5.84 Å². The van der Waals surface area contributed by atoms with Gasteiger partial charge in [-0.15, -0.1) is 11.3 Å². The Kier molecular flexibility index (Phi) is 3.88. The molecule has 72 valence electrons. The number of carbonyl (C=O) groups is 1. The van der Waals surface area contributed by atoms with E-state index in [4.69, 9.17) is 10.6 Å². The molecule has 1 heterocycles. The average molecular weight is 200 g/mol. The van der Waals surface area contributed by atoms with Crippen LogP contribution in [0.15, 0.2) is 17.5 Å². The summed E-state index contributed by atoms with van der Waals surface area (Å²) in [6.45, 7) is 0.502. The summed E-state index contributed by atoms with van der Waals surface area (Å²) in [6, 6.07) is 3.90. The van der Waals surface area contributed by atoms with Crippen molar-refractivity contribution in [2.45, 2.75) is 6.61 Å². The fourth-order valence-electron chi connectivity index (χ4n) is 0.735. The van der Waals surface area contributed by atoms with Gasteiger partial charge >= 0.3 is 0 Å². The van der Waals surface area contributed by atoms with E-state index in [-0.39, 0.29) is 12.5 Å². The maximum atomic E-state index is 11.0. The summed E-state index contributed by atoms with van der Waals surface area (Å²) in [6.07, 6.45) is 0. The molecule has 5 heteroatoms. The van der Waals surface area contributed by atoms with Gasteiger partial charge in [0.2, 0.25) is 0 Å². The standard InChI is InChI=1S/C8H12N2O2S/c1-10(9)8(11)6-12-5-7-3-2-4-13-7/h2-4H,5-6,9H2,1H3. The molecule has 13 heavy (non-hydrogen) atoms. The molecule has 0 saturated carbocycles. The molecule has 0 radical (unpaired) electrons. The number of hydrogen-bond acceptors (Lipinski definition) is 4. The molecule has 0 aliphatic heterocycles. The summed E-state index contributed by atoms with van der Waals surface area (Å²) >= 11 is 1.60. The zero-order valence-electron chi connectivity index (χ0n) is 7.40. The number of nitrogens with zero attached hydrogens (tertiary/aromatic N) is 1. The summed E-state index contributed by atoms with van der Waals surface area (Å²) in [4.78, 5) is 12.1. The third-order valence-electron chi connectivity index (χ3n) is 1.44. The second kappa shape index (κ2) is 4.96. The lowest BCUT2D eigenvalue weighted by molar-refractivity contribution is -0.135. The van der Waals surface area contributed by atoms with Gasteiger partial charge in [-0.1, -0.05) is 6.07 Å². The number of rotatable bonds is 4. The summed E-state index contributed by atoms with van der Waals surface area (Å²) in [7, 11) is 1.50. The second-order valence-corrected chi connectivity index (χ2v) is 3.61. The van der Waals surface area contributed by atoms with Gasteiger partial charge in [-0.2, -0.15) is 0 Å². The maximum absolute atomic E-state index is 11.0. The van der Waals surface area contributed by atoms with Crippen molar-refractivity contribution in [3.63, 3.8) is 0 Å². The third kappa shape index (κ3) is 3.54. The van der Waals surface area contributed by atoms with E-state index in [9.17, 15) is 4.79 Å². The lowest BCUT2D eigenvalue weighted by atomic mass is 10.5. The molecule has 0 atom stereocenters. The first-order valence-electron chi connectivity index (χ1n) is 3.81. The van der Waals surface area contributed by atoms with Gasteiger partial charge < -0.3 is 4.74 Å². The monoisotopic (exact) mass is 200 g/mol. The van der Waals surface area contributed by atoms with Crippen LogP contribution in [-0.4, -0.2) is 24.6 Å². The van der Waals surface area contributed by atoms with Crippen molar-refractivity contribution in [2.75, 3.05) is 13.7 Å². The van der Waals surface area contributed by atoms with Crippen LogP contribution in [0.3, 0.4) is 0 Å². The lowest BCUT2D eigenvalue weighted by Gasteiger charge is -2.09. The highest BCUT2D eigenvalue weighted by molar-refractivity contribution is 7.09. The SMILES string of the molecule is CN(N)C(=O)COCc1cccs1. The second-order valence-electron chi connectivity index (χ2n) is 2.58. The summed E-state index contributed by atoms with van der Waals surface area (Å²) in [5.41, 5.74) is 0. The Morgan fingerprint density at radius 3 is 3.08 bits per heavy atom. The Labute approximate surface area is 80.9 Å². The minimum Gasteiger partial charge on any atom is -0.366 e. The van der Waals surface area contributed by atoms with Gasteiger partial charge in [0.05, 0.1) is 6.61 Å². The van der Waals surface area contributed by atoms with E-state index in [1.54, 1.807) is 11.3 Å². The summed E-state index contributed by atoms with van der Waals surface area (Å²) in [5.74, 6) is 4.98. The largest absolute Gasteiger partial charge is 0.366 e. The quantitative estimate of drug-likeness (QED) is 0.440. The minimum absolute atomic E-state index is 0.0326. The molecule has 1 rings (SSSR count). The fraction of sp³-hybridized carbons (Fsp3) is 0.375. The lowest BCUT2D eigenvalue weighted by Crippen LogP contribution is -2.35. The highest BCUT2D eigenvalue weighted by atomic mass is 32.1. The third-order valence-corrected chi connectivity index (χ3v) is 2.29. The van der Waals surface area contributed by atoms with Crippen LogP contribution in [0.1, 0.15) is 4.88 Å². The van der Waals surface area contributed by atoms with Crippen LogP contribution >= 0.6 is 11.3 Å². The number of likely N-dealkylation sites (N-methyl/N-ethyl adjacent to an activating group) is 1. The Morgan fingerprint density at radius 1 is 1.77 bits per heavy atom. The van der Waals surface area contributed by atoms with E-state index in [0.717, 1.165) is 9.89 Å².